The molecule has 0 fully saturated rings. The molecule has 9 N–H and O–H groups in total. The molecule has 0 spiro atoms. The van der Waals surface area contributed by atoms with Gasteiger partial charge in [0.05, 0.1) is 33.5 Å². The van der Waals surface area contributed by atoms with Crippen molar-refractivity contribution in [2.75, 3.05) is 30.3 Å². The van der Waals surface area contributed by atoms with E-state index in [-0.39, 0.29) is 59.3 Å². The van der Waals surface area contributed by atoms with E-state index in [1.807, 2.05) is 0 Å². The number of ether oxygens (including phenoxy) is 1. The molecule has 5 rings (SSSR count). The summed E-state index contributed by atoms with van der Waals surface area (Å²) in [7, 11) is -14.6. The first-order chi connectivity index (χ1) is 28.4. The zero-order valence-corrected chi connectivity index (χ0v) is 33.4. The Balaban J connectivity index is 1.49. The maximum absolute atomic E-state index is 13.8. The van der Waals surface area contributed by atoms with Crippen molar-refractivity contribution in [1.29, 1.82) is 0 Å². The zero-order valence-electron chi connectivity index (χ0n) is 31.0. The van der Waals surface area contributed by atoms with E-state index in [0.717, 1.165) is 30.3 Å². The van der Waals surface area contributed by atoms with E-state index in [2.05, 4.69) is 14.8 Å². The molecule has 0 saturated carbocycles. The Morgan fingerprint density at radius 2 is 1.33 bits per heavy atom. The second-order valence-electron chi connectivity index (χ2n) is 13.1. The molecule has 0 atom stereocenters. The molecular formula is C36H33F4N4O14S3+. The molecule has 0 aliphatic rings. The van der Waals surface area contributed by atoms with Crippen molar-refractivity contribution >= 4 is 81.4 Å². The molecule has 4 aromatic carbocycles. The first kappa shape index (κ1) is 46.1. The third kappa shape index (κ3) is 10.3. The average Bonchev–Trinajstić information content (AvgIpc) is 3.16. The lowest BCUT2D eigenvalue weighted by Crippen LogP contribution is -2.27. The van der Waals surface area contributed by atoms with Crippen LogP contribution in [0.3, 0.4) is 0 Å². The number of esters is 1. The largest absolute Gasteiger partial charge is 0.478 e. The van der Waals surface area contributed by atoms with Gasteiger partial charge in [0.1, 0.15) is 0 Å². The number of nitrogens with one attached hydrogen (secondary N) is 2. The van der Waals surface area contributed by atoms with E-state index >= 15 is 0 Å². The summed E-state index contributed by atoms with van der Waals surface area (Å²) in [5, 5.41) is 12.4. The van der Waals surface area contributed by atoms with Crippen molar-refractivity contribution in [3.05, 3.63) is 82.9 Å². The van der Waals surface area contributed by atoms with Crippen LogP contribution in [0.4, 0.5) is 28.9 Å². The summed E-state index contributed by atoms with van der Waals surface area (Å²) in [5.74, 6) is -13.2. The molecule has 18 nitrogen and oxygen atoms in total. The number of carboxylic acids is 1. The summed E-state index contributed by atoms with van der Waals surface area (Å²) in [6.07, 6.45) is -0.372. The van der Waals surface area contributed by atoms with Crippen LogP contribution in [0, 0.1) is 23.3 Å². The van der Waals surface area contributed by atoms with Gasteiger partial charge in [-0.15, -0.1) is 0 Å². The number of aromatic carboxylic acids is 1. The number of carboxylic acid groups (broad SMARTS) is 1. The van der Waals surface area contributed by atoms with Gasteiger partial charge < -0.3 is 26.6 Å². The summed E-state index contributed by atoms with van der Waals surface area (Å²) in [6.45, 7) is -0.608. The number of rotatable bonds is 17. The minimum absolute atomic E-state index is 0.0464. The first-order valence-electron chi connectivity index (χ1n) is 17.4. The number of benzene rings is 4. The summed E-state index contributed by atoms with van der Waals surface area (Å²) in [5.41, 5.74) is 8.30. The zero-order chi connectivity index (χ0) is 45.2. The standard InChI is InChI=1S/C36H32F4N4O14S3/c37-22-16-23(38)29(40)32(28(22)39)57-26(45)5-2-1-3-12-43-35(46)17-6-7-18(36(47)48)21(15-17)27-19-8-10-24(41)33(60(52,53)44-13-4-14-59(49,50)51)30(19)58-31-20(27)9-11-25(42)34(31)61(54,55)56/h6-11,15-16,44H,1-5,12-14,41-42H2,(H3-,43,46,47,48,49,50,51,54,55,56)/p+1. The van der Waals surface area contributed by atoms with Gasteiger partial charge in [0.25, 0.3) is 26.0 Å². The van der Waals surface area contributed by atoms with Gasteiger partial charge in [0.2, 0.25) is 27.2 Å². The third-order valence-corrected chi connectivity index (χ3v) is 12.1. The number of carbonyl (C=O) groups excluding carboxylic acids is 2. The molecule has 0 saturated heterocycles. The van der Waals surface area contributed by atoms with Crippen molar-refractivity contribution in [2.24, 2.45) is 0 Å². The molecule has 0 radical (unpaired) electrons. The fourth-order valence-corrected chi connectivity index (χ4v) is 8.72. The Kier molecular flexibility index (Phi) is 13.5. The predicted octanol–water partition coefficient (Wildman–Crippen LogP) is 4.65. The fourth-order valence-electron chi connectivity index (χ4n) is 6.13. The number of halogens is 4. The van der Waals surface area contributed by atoms with Crippen LogP contribution in [-0.4, -0.2) is 76.2 Å². The number of hydrogen-bond donors (Lipinski definition) is 7. The van der Waals surface area contributed by atoms with Crippen molar-refractivity contribution in [3.63, 3.8) is 0 Å². The van der Waals surface area contributed by atoms with Crippen LogP contribution < -0.4 is 26.2 Å². The summed E-state index contributed by atoms with van der Waals surface area (Å²) in [4.78, 5) is 36.2. The van der Waals surface area contributed by atoms with E-state index in [1.54, 1.807) is 0 Å². The number of hydrogen-bond acceptors (Lipinski definition) is 12. The Bertz CT molecular complexity index is 2950. The van der Waals surface area contributed by atoms with Crippen LogP contribution in [0.1, 0.15) is 52.8 Å². The fraction of sp³-hybridized carbons (Fsp3) is 0.222. The number of carbonyl (C=O) groups is 3. The minimum atomic E-state index is -5.27. The van der Waals surface area contributed by atoms with Crippen molar-refractivity contribution in [2.45, 2.75) is 41.9 Å². The highest BCUT2D eigenvalue weighted by molar-refractivity contribution is 7.90. The number of amides is 1. The predicted molar refractivity (Wildman–Crippen MR) is 208 cm³/mol. The van der Waals surface area contributed by atoms with Gasteiger partial charge in [-0.1, -0.05) is 6.42 Å². The molecule has 1 aromatic heterocycles. The smallest absolute Gasteiger partial charge is 0.384 e. The minimum Gasteiger partial charge on any atom is -0.478 e. The van der Waals surface area contributed by atoms with Crippen LogP contribution in [0.5, 0.6) is 5.75 Å². The maximum Gasteiger partial charge on any atom is 0.384 e. The van der Waals surface area contributed by atoms with Crippen molar-refractivity contribution in [3.8, 4) is 16.9 Å². The van der Waals surface area contributed by atoms with Crippen molar-refractivity contribution < 1.29 is 80.6 Å². The topological polar surface area (TPSA) is 311 Å². The lowest BCUT2D eigenvalue weighted by molar-refractivity contribution is -0.135. The molecule has 1 amide bonds. The highest BCUT2D eigenvalue weighted by atomic mass is 32.2. The van der Waals surface area contributed by atoms with E-state index in [0.29, 0.717) is 0 Å². The molecule has 326 valence electrons. The van der Waals surface area contributed by atoms with Gasteiger partial charge in [-0.05, 0) is 67.3 Å². The monoisotopic (exact) mass is 917 g/mol. The SMILES string of the molecule is Nc1ccc2c(-c3cc(C(=O)NCCCCCC(=O)Oc4c(F)c(F)cc(F)c4F)ccc3C(=O)O)c3ccc(N)c(S(=O)(=O)NCCCS(=O)(=O)O)c3[o+]c2c1S(=O)(=O)O. The van der Waals surface area contributed by atoms with Gasteiger partial charge in [-0.2, -0.15) is 25.6 Å². The third-order valence-electron chi connectivity index (χ3n) is 8.84. The lowest BCUT2D eigenvalue weighted by atomic mass is 9.91. The Morgan fingerprint density at radius 1 is 0.738 bits per heavy atom. The van der Waals surface area contributed by atoms with Gasteiger partial charge >= 0.3 is 33.2 Å². The van der Waals surface area contributed by atoms with Crippen LogP contribution in [-0.2, 0) is 35.1 Å². The van der Waals surface area contributed by atoms with Crippen LogP contribution in [0.15, 0.2) is 62.7 Å². The molecule has 1 heterocycles. The maximum atomic E-state index is 13.8. The average molecular weight is 918 g/mol. The second-order valence-corrected chi connectivity index (χ2v) is 17.7. The second kappa shape index (κ2) is 17.9. The van der Waals surface area contributed by atoms with E-state index in [9.17, 15) is 66.9 Å². The highest BCUT2D eigenvalue weighted by Crippen LogP contribution is 2.44. The van der Waals surface area contributed by atoms with Gasteiger partial charge in [0.15, 0.2) is 11.6 Å². The molecule has 0 bridgehead atoms. The number of anilines is 2. The number of nitrogen functional groups attached to an aromatic ring is 2. The number of unbranched alkanes of at least 4 members (excludes halogenated alkanes) is 2. The van der Waals surface area contributed by atoms with Gasteiger partial charge in [0, 0.05) is 36.7 Å². The molecule has 5 aromatic rings. The van der Waals surface area contributed by atoms with Gasteiger partial charge in [-0.25, -0.2) is 31.1 Å². The molecule has 0 aliphatic carbocycles. The van der Waals surface area contributed by atoms with E-state index < -0.39 is 140 Å². The molecule has 61 heavy (non-hydrogen) atoms. The van der Waals surface area contributed by atoms with Gasteiger partial charge in [-0.3, -0.25) is 18.7 Å². The number of sulfonamides is 1. The molecular weight excluding hydrogens is 885 g/mol. The summed E-state index contributed by atoms with van der Waals surface area (Å²) in [6, 6.07) is 7.74. The quantitative estimate of drug-likeness (QED) is 0.00768. The summed E-state index contributed by atoms with van der Waals surface area (Å²) >= 11 is 0. The Labute approximate surface area is 343 Å². The summed E-state index contributed by atoms with van der Waals surface area (Å²) < 4.78 is 161. The molecule has 0 aliphatic heterocycles. The molecule has 25 heteroatoms. The van der Waals surface area contributed by atoms with Crippen LogP contribution in [0.2, 0.25) is 0 Å². The Hall–Kier alpha value is -5.99. The van der Waals surface area contributed by atoms with E-state index in [4.69, 9.17) is 20.4 Å². The van der Waals surface area contributed by atoms with Crippen molar-refractivity contribution in [1.82, 2.24) is 10.0 Å². The van der Waals surface area contributed by atoms with E-state index in [1.165, 1.54) is 12.1 Å². The number of fused-ring (bicyclic) bond motifs is 2. The lowest BCUT2D eigenvalue weighted by Gasteiger charge is -2.14. The number of nitrogens with two attached hydrogens (primary N) is 2. The Morgan fingerprint density at radius 3 is 1.90 bits per heavy atom. The van der Waals surface area contributed by atoms with Crippen LogP contribution in [0.25, 0.3) is 33.1 Å². The highest BCUT2D eigenvalue weighted by Gasteiger charge is 2.37. The normalized spacial score (nSPS) is 12.2. The van der Waals surface area contributed by atoms with Crippen LogP contribution >= 0.6 is 0 Å². The molecule has 0 unspecified atom stereocenters. The first-order valence-corrected chi connectivity index (χ1v) is 22.0.